The third-order valence-electron chi connectivity index (χ3n) is 3.41. The van der Waals surface area contributed by atoms with Gasteiger partial charge in [0.25, 0.3) is 0 Å². The highest BCUT2D eigenvalue weighted by molar-refractivity contribution is 7.89. The van der Waals surface area contributed by atoms with E-state index in [1.54, 1.807) is 0 Å². The largest absolute Gasteiger partial charge is 0.317 e. The van der Waals surface area contributed by atoms with E-state index < -0.39 is 33.1 Å². The molecule has 0 aromatic heterocycles. The summed E-state index contributed by atoms with van der Waals surface area (Å²) in [5.74, 6) is -1.11. The molecule has 0 aliphatic carbocycles. The number of nitrogens with zero attached hydrogens (tertiary/aromatic N) is 1. The van der Waals surface area contributed by atoms with Crippen molar-refractivity contribution >= 4 is 21.8 Å². The van der Waals surface area contributed by atoms with Crippen LogP contribution in [0.1, 0.15) is 19.8 Å². The van der Waals surface area contributed by atoms with Gasteiger partial charge in [0, 0.05) is 0 Å². The van der Waals surface area contributed by atoms with Gasteiger partial charge in [-0.25, -0.2) is 8.42 Å². The van der Waals surface area contributed by atoms with Crippen LogP contribution in [-0.4, -0.2) is 55.5 Å². The highest BCUT2D eigenvalue weighted by atomic mass is 32.2. The van der Waals surface area contributed by atoms with Crippen molar-refractivity contribution < 1.29 is 18.0 Å². The summed E-state index contributed by atoms with van der Waals surface area (Å²) in [6.45, 7) is 2.53. The van der Waals surface area contributed by atoms with Gasteiger partial charge in [-0.2, -0.15) is 4.31 Å². The van der Waals surface area contributed by atoms with Crippen molar-refractivity contribution in [1.29, 1.82) is 0 Å². The summed E-state index contributed by atoms with van der Waals surface area (Å²) in [5, 5.41) is 4.73. The van der Waals surface area contributed by atoms with E-state index in [1.165, 1.54) is 6.92 Å². The van der Waals surface area contributed by atoms with E-state index >= 15 is 0 Å². The fourth-order valence-corrected chi connectivity index (χ4v) is 4.33. The first-order chi connectivity index (χ1) is 8.43. The average molecular weight is 275 g/mol. The zero-order valence-corrected chi connectivity index (χ0v) is 11.0. The van der Waals surface area contributed by atoms with Gasteiger partial charge in [0.2, 0.25) is 21.8 Å². The first kappa shape index (κ1) is 13.4. The summed E-state index contributed by atoms with van der Waals surface area (Å²) in [7, 11) is -3.59. The lowest BCUT2D eigenvalue weighted by atomic mass is 10.2. The smallest absolute Gasteiger partial charge is 0.244 e. The van der Waals surface area contributed by atoms with Crippen molar-refractivity contribution in [3.63, 3.8) is 0 Å². The monoisotopic (exact) mass is 275 g/mol. The quantitative estimate of drug-likeness (QED) is 0.593. The van der Waals surface area contributed by atoms with E-state index in [2.05, 4.69) is 10.6 Å². The minimum absolute atomic E-state index is 0.265. The minimum atomic E-state index is -3.59. The molecule has 18 heavy (non-hydrogen) atoms. The molecule has 7 nitrogen and oxygen atoms in total. The van der Waals surface area contributed by atoms with Crippen LogP contribution < -0.4 is 10.6 Å². The molecule has 102 valence electrons. The van der Waals surface area contributed by atoms with Crippen molar-refractivity contribution in [2.24, 2.45) is 0 Å². The van der Waals surface area contributed by atoms with E-state index in [0.29, 0.717) is 25.9 Å². The third-order valence-corrected chi connectivity index (χ3v) is 5.82. The summed E-state index contributed by atoms with van der Waals surface area (Å²) in [6.07, 6.45) is 1.03. The number of sulfonamides is 1. The zero-order chi connectivity index (χ0) is 13.3. The lowest BCUT2D eigenvalue weighted by Gasteiger charge is -2.34. The Kier molecular flexibility index (Phi) is 3.69. The van der Waals surface area contributed by atoms with Crippen molar-refractivity contribution in [3.05, 3.63) is 0 Å². The molecule has 2 aliphatic rings. The van der Waals surface area contributed by atoms with E-state index in [4.69, 9.17) is 0 Å². The zero-order valence-electron chi connectivity index (χ0n) is 10.2. The summed E-state index contributed by atoms with van der Waals surface area (Å²) in [5.41, 5.74) is 0. The molecule has 0 spiro atoms. The van der Waals surface area contributed by atoms with Crippen LogP contribution in [0.3, 0.4) is 0 Å². The maximum absolute atomic E-state index is 12.4. The number of imide groups is 1. The molecule has 8 heteroatoms. The number of rotatable bonds is 2. The van der Waals surface area contributed by atoms with E-state index in [1.807, 2.05) is 0 Å². The number of amides is 2. The van der Waals surface area contributed by atoms with Gasteiger partial charge in [-0.1, -0.05) is 0 Å². The molecule has 0 aromatic carbocycles. The lowest BCUT2D eigenvalue weighted by molar-refractivity contribution is -0.136. The predicted molar refractivity (Wildman–Crippen MR) is 64.1 cm³/mol. The first-order valence-electron chi connectivity index (χ1n) is 5.98. The van der Waals surface area contributed by atoms with Gasteiger partial charge >= 0.3 is 0 Å². The number of hydrogen-bond donors (Lipinski definition) is 2. The maximum Gasteiger partial charge on any atom is 0.244 e. The Balaban J connectivity index is 2.22. The van der Waals surface area contributed by atoms with Gasteiger partial charge in [0.15, 0.2) is 0 Å². The van der Waals surface area contributed by atoms with Gasteiger partial charge in [0.05, 0.1) is 11.8 Å². The number of carbonyl (C=O) groups is 2. The van der Waals surface area contributed by atoms with E-state index in [9.17, 15) is 18.0 Å². The molecule has 0 radical (unpaired) electrons. The second-order valence-corrected chi connectivity index (χ2v) is 6.79. The molecule has 2 fully saturated rings. The second kappa shape index (κ2) is 4.94. The number of carbonyl (C=O) groups excluding carboxylic acids is 2. The van der Waals surface area contributed by atoms with Gasteiger partial charge in [-0.3, -0.25) is 14.9 Å². The normalized spacial score (nSPS) is 28.2. The van der Waals surface area contributed by atoms with Crippen molar-refractivity contribution in [2.75, 3.05) is 19.6 Å². The average Bonchev–Trinajstić information content (AvgIpc) is 2.34. The number of piperazine rings is 1. The molecule has 2 saturated heterocycles. The van der Waals surface area contributed by atoms with Crippen LogP contribution in [0.4, 0.5) is 0 Å². The van der Waals surface area contributed by atoms with Gasteiger partial charge in [-0.05, 0) is 32.9 Å². The standard InChI is InChI=1S/C10H17N3O4S/c1-7-10(15)12-9(14)6-13(7)18(16,17)8-2-4-11-5-3-8/h7-8,11H,2-6H2,1H3,(H,12,14,15). The lowest BCUT2D eigenvalue weighted by Crippen LogP contribution is -2.60. The Bertz CT molecular complexity index is 456. The van der Waals surface area contributed by atoms with Crippen LogP contribution >= 0.6 is 0 Å². The molecule has 2 N–H and O–H groups in total. The SMILES string of the molecule is CC1C(=O)NC(=O)CN1S(=O)(=O)C1CCNCC1. The third kappa shape index (κ3) is 2.40. The number of hydrogen-bond acceptors (Lipinski definition) is 5. The molecule has 1 unspecified atom stereocenters. The van der Waals surface area contributed by atoms with Crippen molar-refractivity contribution in [1.82, 2.24) is 14.9 Å². The Morgan fingerprint density at radius 2 is 1.83 bits per heavy atom. The number of nitrogens with one attached hydrogen (secondary N) is 2. The molecule has 0 aromatic rings. The molecular formula is C10H17N3O4S. The van der Waals surface area contributed by atoms with Crippen LogP contribution in [0.15, 0.2) is 0 Å². The van der Waals surface area contributed by atoms with Gasteiger partial charge in [-0.15, -0.1) is 0 Å². The molecule has 0 bridgehead atoms. The molecule has 2 amide bonds. The summed E-state index contributed by atoms with van der Waals surface area (Å²) in [4.78, 5) is 22.8. The minimum Gasteiger partial charge on any atom is -0.317 e. The van der Waals surface area contributed by atoms with Crippen LogP contribution in [0.5, 0.6) is 0 Å². The molecule has 0 saturated carbocycles. The van der Waals surface area contributed by atoms with Crippen molar-refractivity contribution in [3.8, 4) is 0 Å². The molecule has 2 rings (SSSR count). The van der Waals surface area contributed by atoms with Crippen LogP contribution in [0, 0.1) is 0 Å². The van der Waals surface area contributed by atoms with E-state index in [0.717, 1.165) is 4.31 Å². The van der Waals surface area contributed by atoms with Gasteiger partial charge in [0.1, 0.15) is 6.04 Å². The Morgan fingerprint density at radius 3 is 2.44 bits per heavy atom. The summed E-state index contributed by atoms with van der Waals surface area (Å²) in [6, 6.07) is -0.817. The van der Waals surface area contributed by atoms with Crippen LogP contribution in [0.2, 0.25) is 0 Å². The highest BCUT2D eigenvalue weighted by Crippen LogP contribution is 2.21. The first-order valence-corrected chi connectivity index (χ1v) is 7.48. The van der Waals surface area contributed by atoms with Crippen molar-refractivity contribution in [2.45, 2.75) is 31.1 Å². The van der Waals surface area contributed by atoms with Crippen LogP contribution in [-0.2, 0) is 19.6 Å². The van der Waals surface area contributed by atoms with Gasteiger partial charge < -0.3 is 5.32 Å². The Morgan fingerprint density at radius 1 is 1.22 bits per heavy atom. The Hall–Kier alpha value is -0.990. The van der Waals surface area contributed by atoms with Crippen LogP contribution in [0.25, 0.3) is 0 Å². The molecule has 2 heterocycles. The maximum atomic E-state index is 12.4. The molecular weight excluding hydrogens is 258 g/mol. The highest BCUT2D eigenvalue weighted by Gasteiger charge is 2.42. The summed E-state index contributed by atoms with van der Waals surface area (Å²) >= 11 is 0. The topological polar surface area (TPSA) is 95.6 Å². The number of piperidine rings is 1. The fraction of sp³-hybridized carbons (Fsp3) is 0.800. The molecule has 2 aliphatic heterocycles. The Labute approximate surface area is 106 Å². The van der Waals surface area contributed by atoms with E-state index in [-0.39, 0.29) is 6.54 Å². The molecule has 1 atom stereocenters. The predicted octanol–water partition coefficient (Wildman–Crippen LogP) is -1.58. The summed E-state index contributed by atoms with van der Waals surface area (Å²) < 4.78 is 25.8. The fourth-order valence-electron chi connectivity index (χ4n) is 2.29. The second-order valence-electron chi connectivity index (χ2n) is 4.63.